The first-order valence-electron chi connectivity index (χ1n) is 8.82. The first-order valence-corrected chi connectivity index (χ1v) is 9.87. The van der Waals surface area contributed by atoms with Crippen LogP contribution in [-0.2, 0) is 23.9 Å². The number of benzene rings is 1. The Morgan fingerprint density at radius 3 is 2.30 bits per heavy atom. The van der Waals surface area contributed by atoms with E-state index in [0.29, 0.717) is 0 Å². The molecule has 1 aromatic rings. The second-order valence-electron chi connectivity index (χ2n) is 6.77. The van der Waals surface area contributed by atoms with Gasteiger partial charge in [-0.15, -0.1) is 11.8 Å². The van der Waals surface area contributed by atoms with Crippen LogP contribution in [0.3, 0.4) is 0 Å². The largest absolute Gasteiger partial charge is 0.477 e. The third kappa shape index (κ3) is 2.52. The van der Waals surface area contributed by atoms with E-state index in [1.807, 2.05) is 0 Å². The molecule has 3 heterocycles. The summed E-state index contributed by atoms with van der Waals surface area (Å²) >= 11 is 1.12. The maximum absolute atomic E-state index is 13.2. The Morgan fingerprint density at radius 1 is 1.20 bits per heavy atom. The number of aliphatic carboxylic acids is 1. The Kier molecular flexibility index (Phi) is 4.66. The van der Waals surface area contributed by atoms with Crippen molar-refractivity contribution in [2.75, 3.05) is 19.5 Å². The SMILES string of the molecule is COC1(N2C(=O)c3ccccc3C2=O)C(=O)N2C(C(=O)O)=C(COC(C)=O)CS[C@H]21. The van der Waals surface area contributed by atoms with Gasteiger partial charge < -0.3 is 14.6 Å². The number of carboxylic acids is 1. The first kappa shape index (κ1) is 20.1. The molecule has 3 aliphatic heterocycles. The van der Waals surface area contributed by atoms with Crippen molar-refractivity contribution < 1.29 is 38.6 Å². The lowest BCUT2D eigenvalue weighted by atomic mass is 9.96. The summed E-state index contributed by atoms with van der Waals surface area (Å²) in [5.74, 6) is -4.09. The van der Waals surface area contributed by atoms with Gasteiger partial charge >= 0.3 is 11.9 Å². The number of carbonyl (C=O) groups excluding carboxylic acids is 4. The smallest absolute Gasteiger partial charge is 0.352 e. The molecule has 4 rings (SSSR count). The van der Waals surface area contributed by atoms with Gasteiger partial charge in [-0.3, -0.25) is 24.1 Å². The second kappa shape index (κ2) is 6.96. The summed E-state index contributed by atoms with van der Waals surface area (Å²) < 4.78 is 10.3. The van der Waals surface area contributed by atoms with E-state index >= 15 is 0 Å². The van der Waals surface area contributed by atoms with Gasteiger partial charge in [0, 0.05) is 25.4 Å². The number of esters is 1. The van der Waals surface area contributed by atoms with Crippen molar-refractivity contribution in [2.24, 2.45) is 0 Å². The van der Waals surface area contributed by atoms with Crippen molar-refractivity contribution in [2.45, 2.75) is 18.0 Å². The van der Waals surface area contributed by atoms with Crippen LogP contribution < -0.4 is 0 Å². The molecule has 3 amide bonds. The molecule has 0 bridgehead atoms. The number of amides is 3. The molecule has 0 aliphatic carbocycles. The van der Waals surface area contributed by atoms with Crippen LogP contribution >= 0.6 is 11.8 Å². The monoisotopic (exact) mass is 432 g/mol. The van der Waals surface area contributed by atoms with Crippen LogP contribution in [0.15, 0.2) is 35.5 Å². The summed E-state index contributed by atoms with van der Waals surface area (Å²) in [7, 11) is 1.19. The Balaban J connectivity index is 1.74. The molecule has 0 aromatic heterocycles. The van der Waals surface area contributed by atoms with E-state index in [1.165, 1.54) is 26.2 Å². The van der Waals surface area contributed by atoms with Gasteiger partial charge in [0.05, 0.1) is 11.1 Å². The number of fused-ring (bicyclic) bond motifs is 2. The van der Waals surface area contributed by atoms with Crippen LogP contribution in [0.2, 0.25) is 0 Å². The highest BCUT2D eigenvalue weighted by Gasteiger charge is 2.72. The minimum absolute atomic E-state index is 0.109. The van der Waals surface area contributed by atoms with Gasteiger partial charge in [-0.25, -0.2) is 9.69 Å². The van der Waals surface area contributed by atoms with Crippen molar-refractivity contribution in [3.63, 3.8) is 0 Å². The molecule has 30 heavy (non-hydrogen) atoms. The Bertz CT molecular complexity index is 1020. The minimum Gasteiger partial charge on any atom is -0.477 e. The topological polar surface area (TPSA) is 131 Å². The third-order valence-electron chi connectivity index (χ3n) is 5.18. The van der Waals surface area contributed by atoms with Gasteiger partial charge in [0.1, 0.15) is 17.7 Å². The fourth-order valence-electron chi connectivity index (χ4n) is 3.85. The van der Waals surface area contributed by atoms with E-state index in [9.17, 15) is 29.1 Å². The molecule has 3 aliphatic rings. The Labute approximate surface area is 174 Å². The number of imide groups is 1. The van der Waals surface area contributed by atoms with Gasteiger partial charge in [-0.05, 0) is 12.1 Å². The van der Waals surface area contributed by atoms with Gasteiger partial charge in [0.15, 0.2) is 0 Å². The lowest BCUT2D eigenvalue weighted by Crippen LogP contribution is -2.81. The standard InChI is InChI=1S/C19H16N2O8S/c1-9(22)29-7-10-8-30-18-19(28-2,17(27)20(18)13(10)16(25)26)21-14(23)11-5-3-4-6-12(11)15(21)24/h3-6,18H,7-8H2,1-2H3,(H,25,26)/t18-,19?/m0/s1. The van der Waals surface area contributed by atoms with Crippen molar-refractivity contribution in [1.29, 1.82) is 0 Å². The third-order valence-corrected chi connectivity index (χ3v) is 6.54. The predicted octanol–water partition coefficient (Wildman–Crippen LogP) is 0.442. The lowest BCUT2D eigenvalue weighted by Gasteiger charge is -2.57. The highest BCUT2D eigenvalue weighted by atomic mass is 32.2. The molecule has 0 radical (unpaired) electrons. The van der Waals surface area contributed by atoms with E-state index in [2.05, 4.69) is 0 Å². The quantitative estimate of drug-likeness (QED) is 0.400. The van der Waals surface area contributed by atoms with Gasteiger partial charge in [0.25, 0.3) is 23.4 Å². The number of thioether (sulfide) groups is 1. The van der Waals surface area contributed by atoms with Gasteiger partial charge in [-0.2, -0.15) is 0 Å². The summed E-state index contributed by atoms with van der Waals surface area (Å²) in [6.07, 6.45) is 0. The maximum atomic E-state index is 13.2. The highest BCUT2D eigenvalue weighted by Crippen LogP contribution is 2.51. The molecule has 11 heteroatoms. The number of carbonyl (C=O) groups is 5. The molecule has 2 atom stereocenters. The van der Waals surface area contributed by atoms with Crippen LogP contribution in [-0.4, -0.2) is 75.1 Å². The summed E-state index contributed by atoms with van der Waals surface area (Å²) in [4.78, 5) is 63.8. The average molecular weight is 432 g/mol. The van der Waals surface area contributed by atoms with E-state index in [4.69, 9.17) is 9.47 Å². The predicted molar refractivity (Wildman–Crippen MR) is 101 cm³/mol. The van der Waals surface area contributed by atoms with Crippen LogP contribution in [0.25, 0.3) is 0 Å². The van der Waals surface area contributed by atoms with E-state index in [1.54, 1.807) is 12.1 Å². The fraction of sp³-hybridized carbons (Fsp3) is 0.316. The van der Waals surface area contributed by atoms with E-state index < -0.39 is 40.8 Å². The number of methoxy groups -OCH3 is 1. The van der Waals surface area contributed by atoms with Crippen molar-refractivity contribution in [3.05, 3.63) is 46.7 Å². The molecule has 156 valence electrons. The zero-order valence-corrected chi connectivity index (χ0v) is 16.7. The lowest BCUT2D eigenvalue weighted by molar-refractivity contribution is -0.206. The second-order valence-corrected chi connectivity index (χ2v) is 7.84. The molecule has 1 N–H and O–H groups in total. The molecular weight excluding hydrogens is 416 g/mol. The summed E-state index contributed by atoms with van der Waals surface area (Å²) in [5.41, 5.74) is -1.77. The molecule has 1 unspecified atom stereocenters. The summed E-state index contributed by atoms with van der Waals surface area (Å²) in [5, 5.41) is 8.72. The zero-order valence-electron chi connectivity index (χ0n) is 15.9. The number of hydrogen-bond donors (Lipinski definition) is 1. The number of ether oxygens (including phenoxy) is 2. The number of nitrogens with zero attached hydrogens (tertiary/aromatic N) is 2. The molecule has 1 saturated heterocycles. The number of β-lactam (4-membered cyclic amide) rings is 1. The average Bonchev–Trinajstić information content (AvgIpc) is 2.98. The van der Waals surface area contributed by atoms with Crippen LogP contribution in [0, 0.1) is 0 Å². The van der Waals surface area contributed by atoms with Crippen LogP contribution in [0.5, 0.6) is 0 Å². The molecule has 0 saturated carbocycles. The number of carboxylic acid groups (broad SMARTS) is 1. The number of hydrogen-bond acceptors (Lipinski definition) is 8. The fourth-order valence-corrected chi connectivity index (χ4v) is 5.31. The molecular formula is C19H16N2O8S. The van der Waals surface area contributed by atoms with Crippen LogP contribution in [0.4, 0.5) is 0 Å². The van der Waals surface area contributed by atoms with Crippen molar-refractivity contribution in [3.8, 4) is 0 Å². The summed E-state index contributed by atoms with van der Waals surface area (Å²) in [6, 6.07) is 6.16. The normalized spacial score (nSPS) is 25.1. The molecule has 1 fully saturated rings. The van der Waals surface area contributed by atoms with Crippen molar-refractivity contribution in [1.82, 2.24) is 9.80 Å². The van der Waals surface area contributed by atoms with Crippen LogP contribution in [0.1, 0.15) is 27.6 Å². The van der Waals surface area contributed by atoms with Gasteiger partial charge in [0.2, 0.25) is 0 Å². The molecule has 1 aromatic carbocycles. The minimum atomic E-state index is -1.97. The first-order chi connectivity index (χ1) is 14.3. The molecule has 0 spiro atoms. The van der Waals surface area contributed by atoms with E-state index in [-0.39, 0.29) is 34.8 Å². The van der Waals surface area contributed by atoms with Crippen molar-refractivity contribution >= 4 is 41.4 Å². The highest BCUT2D eigenvalue weighted by molar-refractivity contribution is 8.00. The maximum Gasteiger partial charge on any atom is 0.352 e. The van der Waals surface area contributed by atoms with Gasteiger partial charge in [-0.1, -0.05) is 12.1 Å². The molecule has 10 nitrogen and oxygen atoms in total. The Hall–Kier alpha value is -3.18. The van der Waals surface area contributed by atoms with E-state index in [0.717, 1.165) is 21.6 Å². The summed E-state index contributed by atoms with van der Waals surface area (Å²) in [6.45, 7) is 0.903. The number of rotatable bonds is 5. The zero-order chi connectivity index (χ0) is 21.8. The Morgan fingerprint density at radius 2 is 1.80 bits per heavy atom.